The number of carbonyl (C=O) groups is 2. The Labute approximate surface area is 228 Å². The van der Waals surface area contributed by atoms with E-state index < -0.39 is 18.2 Å². The van der Waals surface area contributed by atoms with Crippen LogP contribution in [0.2, 0.25) is 0 Å². The fourth-order valence-electron chi connectivity index (χ4n) is 6.25. The van der Waals surface area contributed by atoms with Crippen LogP contribution in [0.4, 0.5) is 4.39 Å². The number of methoxy groups -OCH3 is 1. The second-order valence-corrected chi connectivity index (χ2v) is 10.8. The molecular formula is C30H38FN5O3. The molecule has 2 aliphatic rings. The van der Waals surface area contributed by atoms with Crippen LogP contribution in [0.5, 0.6) is 0 Å². The first-order valence-corrected chi connectivity index (χ1v) is 13.7. The van der Waals surface area contributed by atoms with Crippen molar-refractivity contribution in [2.24, 2.45) is 0 Å². The number of rotatable bonds is 9. The number of hydrogen-bond acceptors (Lipinski definition) is 5. The Morgan fingerprint density at radius 1 is 1.18 bits per heavy atom. The molecule has 2 aliphatic heterocycles. The zero-order valence-electron chi connectivity index (χ0n) is 23.0. The molecule has 2 saturated heterocycles. The molecule has 8 nitrogen and oxygen atoms in total. The van der Waals surface area contributed by atoms with E-state index in [1.807, 2.05) is 42.3 Å². The summed E-state index contributed by atoms with van der Waals surface area (Å²) < 4.78 is 19.5. The van der Waals surface area contributed by atoms with Crippen LogP contribution in [0.3, 0.4) is 0 Å². The van der Waals surface area contributed by atoms with Gasteiger partial charge in [-0.3, -0.25) is 14.5 Å². The van der Waals surface area contributed by atoms with Crippen molar-refractivity contribution in [3.63, 3.8) is 0 Å². The van der Waals surface area contributed by atoms with Crippen molar-refractivity contribution in [3.05, 3.63) is 71.7 Å². The van der Waals surface area contributed by atoms with Crippen molar-refractivity contribution in [2.45, 2.75) is 63.0 Å². The number of nitrogens with one attached hydrogen (secondary N) is 3. The maximum Gasteiger partial charge on any atom is 0.248 e. The van der Waals surface area contributed by atoms with Crippen LogP contribution in [0.15, 0.2) is 54.7 Å². The minimum absolute atomic E-state index is 0.0230. The molecule has 0 unspecified atom stereocenters. The van der Waals surface area contributed by atoms with Gasteiger partial charge in [-0.25, -0.2) is 4.39 Å². The van der Waals surface area contributed by atoms with E-state index in [2.05, 4.69) is 32.7 Å². The number of amides is 2. The fourth-order valence-corrected chi connectivity index (χ4v) is 6.25. The van der Waals surface area contributed by atoms with E-state index in [1.165, 1.54) is 17.7 Å². The van der Waals surface area contributed by atoms with E-state index in [4.69, 9.17) is 4.74 Å². The molecule has 2 amide bonds. The largest absolute Gasteiger partial charge is 0.379 e. The number of aromatic amines is 1. The molecule has 0 radical (unpaired) electrons. The molecule has 5 rings (SSSR count). The zero-order chi connectivity index (χ0) is 27.7. The van der Waals surface area contributed by atoms with Gasteiger partial charge in [0.05, 0.1) is 18.2 Å². The molecule has 3 N–H and O–H groups in total. The Morgan fingerprint density at radius 3 is 2.67 bits per heavy atom. The molecule has 2 aromatic carbocycles. The Morgan fingerprint density at radius 2 is 1.95 bits per heavy atom. The predicted octanol–water partition coefficient (Wildman–Crippen LogP) is 3.00. The zero-order valence-corrected chi connectivity index (χ0v) is 23.0. The highest BCUT2D eigenvalue weighted by Crippen LogP contribution is 2.44. The molecule has 2 fully saturated rings. The van der Waals surface area contributed by atoms with E-state index >= 15 is 0 Å². The lowest BCUT2D eigenvalue weighted by molar-refractivity contribution is -0.141. The van der Waals surface area contributed by atoms with Crippen molar-refractivity contribution in [2.75, 3.05) is 27.2 Å². The van der Waals surface area contributed by atoms with E-state index in [-0.39, 0.29) is 35.6 Å². The van der Waals surface area contributed by atoms with Crippen LogP contribution in [0.1, 0.15) is 37.3 Å². The molecule has 208 valence electrons. The summed E-state index contributed by atoms with van der Waals surface area (Å²) in [7, 11) is 3.26. The molecule has 6 atom stereocenters. The van der Waals surface area contributed by atoms with Gasteiger partial charge in [0.1, 0.15) is 11.9 Å². The summed E-state index contributed by atoms with van der Waals surface area (Å²) in [5.74, 6) is -0.643. The van der Waals surface area contributed by atoms with Crippen molar-refractivity contribution >= 4 is 22.7 Å². The minimum Gasteiger partial charge on any atom is -0.379 e. The van der Waals surface area contributed by atoms with Crippen molar-refractivity contribution in [1.29, 1.82) is 0 Å². The molecule has 3 aromatic rings. The smallest absolute Gasteiger partial charge is 0.248 e. The summed E-state index contributed by atoms with van der Waals surface area (Å²) in [5, 5.41) is 6.84. The summed E-state index contributed by atoms with van der Waals surface area (Å²) in [4.78, 5) is 34.6. The third-order valence-corrected chi connectivity index (χ3v) is 8.55. The minimum atomic E-state index is -0.807. The number of likely N-dealkylation sites (N-methyl/N-ethyl adjacent to an activating group) is 1. The Hall–Kier alpha value is -3.27. The monoisotopic (exact) mass is 535 g/mol. The van der Waals surface area contributed by atoms with Crippen molar-refractivity contribution in [1.82, 2.24) is 25.4 Å². The van der Waals surface area contributed by atoms with Crippen LogP contribution < -0.4 is 10.6 Å². The summed E-state index contributed by atoms with van der Waals surface area (Å²) >= 11 is 0. The van der Waals surface area contributed by atoms with Gasteiger partial charge in [0, 0.05) is 55.8 Å². The Bertz CT molecular complexity index is 1310. The van der Waals surface area contributed by atoms with E-state index in [0.717, 1.165) is 36.0 Å². The number of nitrogens with zero attached hydrogens (tertiary/aromatic N) is 2. The SMILES string of the molecule is CN[C@@H](C)C(=O)N[C@H](C(=O)N1CC[C@@H]2[C@H]1[C@@H](c1c[nH]c3cc(F)ccc13)CN2Cc1ccccc1)[C@@H](C)OC. The predicted molar refractivity (Wildman–Crippen MR) is 149 cm³/mol. The van der Waals surface area contributed by atoms with Crippen LogP contribution in [-0.4, -0.2) is 84.1 Å². The molecular weight excluding hydrogens is 497 g/mol. The maximum absolute atomic E-state index is 14.2. The van der Waals surface area contributed by atoms with Crippen LogP contribution in [0, 0.1) is 5.82 Å². The highest BCUT2D eigenvalue weighted by Gasteiger charge is 2.52. The molecule has 1 aromatic heterocycles. The number of H-pyrrole nitrogens is 1. The van der Waals surface area contributed by atoms with Gasteiger partial charge in [-0.15, -0.1) is 0 Å². The van der Waals surface area contributed by atoms with Crippen LogP contribution in [0.25, 0.3) is 10.9 Å². The normalized spacial score (nSPS) is 23.5. The first-order chi connectivity index (χ1) is 18.8. The van der Waals surface area contributed by atoms with Crippen LogP contribution >= 0.6 is 0 Å². The van der Waals surface area contributed by atoms with Crippen molar-refractivity contribution in [3.8, 4) is 0 Å². The second-order valence-electron chi connectivity index (χ2n) is 10.8. The Balaban J connectivity index is 1.49. The van der Waals surface area contributed by atoms with Crippen molar-refractivity contribution < 1.29 is 18.7 Å². The first-order valence-electron chi connectivity index (χ1n) is 13.7. The third kappa shape index (κ3) is 5.31. The van der Waals surface area contributed by atoms with E-state index in [9.17, 15) is 14.0 Å². The lowest BCUT2D eigenvalue weighted by Crippen LogP contribution is -2.58. The number of halogens is 1. The topological polar surface area (TPSA) is 89.7 Å². The number of carbonyl (C=O) groups excluding carboxylic acids is 2. The number of ether oxygens (including phenoxy) is 1. The van der Waals surface area contributed by atoms with Gasteiger partial charge in [0.25, 0.3) is 0 Å². The standard InChI is InChI=1S/C30H38FN5O3/c1-18(32-3)29(37)34-27(19(2)39-4)30(38)36-13-12-26-28(36)24(17-35(26)16-20-8-6-5-7-9-20)23-15-33-25-14-21(31)10-11-22(23)25/h5-11,14-15,18-19,24,26-28,32-33H,12-13,16-17H2,1-4H3,(H,34,37)/t18-,19+,24+,26+,27-,28+/m0/s1. The van der Waals surface area contributed by atoms with Gasteiger partial charge < -0.3 is 25.3 Å². The second kappa shape index (κ2) is 11.5. The highest BCUT2D eigenvalue weighted by atomic mass is 19.1. The number of fused-ring (bicyclic) bond motifs is 2. The van der Waals surface area contributed by atoms with Gasteiger partial charge in [-0.05, 0) is 56.6 Å². The molecule has 0 spiro atoms. The quantitative estimate of drug-likeness (QED) is 0.392. The fraction of sp³-hybridized carbons (Fsp3) is 0.467. The number of aromatic nitrogens is 1. The average molecular weight is 536 g/mol. The molecule has 39 heavy (non-hydrogen) atoms. The molecule has 9 heteroatoms. The first kappa shape index (κ1) is 27.3. The molecule has 0 bridgehead atoms. The van der Waals surface area contributed by atoms with Gasteiger partial charge >= 0.3 is 0 Å². The van der Waals surface area contributed by atoms with E-state index in [1.54, 1.807) is 21.1 Å². The van der Waals surface area contributed by atoms with Gasteiger partial charge in [0.15, 0.2) is 0 Å². The molecule has 0 aliphatic carbocycles. The van der Waals surface area contributed by atoms with Gasteiger partial charge in [0.2, 0.25) is 11.8 Å². The summed E-state index contributed by atoms with van der Waals surface area (Å²) in [6, 6.07) is 14.0. The Kier molecular flexibility index (Phi) is 8.02. The lowest BCUT2D eigenvalue weighted by Gasteiger charge is -2.34. The van der Waals surface area contributed by atoms with Crippen LogP contribution in [-0.2, 0) is 20.9 Å². The molecule has 3 heterocycles. The summed E-state index contributed by atoms with van der Waals surface area (Å²) in [6.07, 6.45) is 2.30. The number of benzene rings is 2. The highest BCUT2D eigenvalue weighted by molar-refractivity contribution is 5.91. The summed E-state index contributed by atoms with van der Waals surface area (Å²) in [6.45, 7) is 5.71. The lowest BCUT2D eigenvalue weighted by atomic mass is 9.91. The van der Waals surface area contributed by atoms with E-state index in [0.29, 0.717) is 6.54 Å². The summed E-state index contributed by atoms with van der Waals surface area (Å²) in [5.41, 5.74) is 3.06. The van der Waals surface area contributed by atoms with Gasteiger partial charge in [-0.1, -0.05) is 30.3 Å². The maximum atomic E-state index is 14.2. The average Bonchev–Trinajstić information content (AvgIpc) is 3.65. The molecule has 0 saturated carbocycles. The number of hydrogen-bond donors (Lipinski definition) is 3. The van der Waals surface area contributed by atoms with Gasteiger partial charge in [-0.2, -0.15) is 0 Å². The third-order valence-electron chi connectivity index (χ3n) is 8.55. The number of likely N-dealkylation sites (tertiary alicyclic amines) is 2.